The minimum absolute atomic E-state index is 0.120. The van der Waals surface area contributed by atoms with Crippen molar-refractivity contribution in [2.24, 2.45) is 4.99 Å². The van der Waals surface area contributed by atoms with Crippen LogP contribution in [0.1, 0.15) is 27.2 Å². The van der Waals surface area contributed by atoms with Crippen LogP contribution in [0, 0.1) is 0 Å². The van der Waals surface area contributed by atoms with Crippen LogP contribution in [0.4, 0.5) is 0 Å². The molecule has 1 rings (SSSR count). The summed E-state index contributed by atoms with van der Waals surface area (Å²) in [5.41, 5.74) is 1.81. The zero-order chi connectivity index (χ0) is 18.2. The van der Waals surface area contributed by atoms with Crippen LogP contribution in [0.3, 0.4) is 0 Å². The summed E-state index contributed by atoms with van der Waals surface area (Å²) in [5.74, 6) is -0.120. The Kier molecular flexibility index (Phi) is 12.5. The van der Waals surface area contributed by atoms with Crippen LogP contribution < -0.4 is 5.32 Å². The van der Waals surface area contributed by atoms with E-state index in [0.717, 1.165) is 17.7 Å². The summed E-state index contributed by atoms with van der Waals surface area (Å²) < 4.78 is 0. The highest BCUT2D eigenvalue weighted by atomic mass is 16.3. The number of aliphatic hydroxyl groups is 2. The van der Waals surface area contributed by atoms with Crippen molar-refractivity contribution in [3.05, 3.63) is 84.5 Å². The molecule has 1 aliphatic rings. The molecule has 1 unspecified atom stereocenters. The van der Waals surface area contributed by atoms with Crippen molar-refractivity contribution in [2.45, 2.75) is 33.4 Å². The lowest BCUT2D eigenvalue weighted by molar-refractivity contribution is 0.195. The molecule has 1 atom stereocenters. The van der Waals surface area contributed by atoms with Gasteiger partial charge in [0.05, 0.1) is 6.21 Å². The molecule has 4 heteroatoms. The van der Waals surface area contributed by atoms with Gasteiger partial charge in [0, 0.05) is 18.0 Å². The van der Waals surface area contributed by atoms with Crippen LogP contribution in [-0.4, -0.2) is 22.7 Å². The lowest BCUT2D eigenvalue weighted by Crippen LogP contribution is -2.25. The van der Waals surface area contributed by atoms with Gasteiger partial charge in [-0.1, -0.05) is 62.5 Å². The molecule has 0 amide bonds. The van der Waals surface area contributed by atoms with Gasteiger partial charge in [-0.3, -0.25) is 4.99 Å². The van der Waals surface area contributed by atoms with E-state index in [1.54, 1.807) is 18.4 Å². The average molecular weight is 328 g/mol. The van der Waals surface area contributed by atoms with E-state index in [2.05, 4.69) is 16.9 Å². The van der Waals surface area contributed by atoms with Gasteiger partial charge in [0.15, 0.2) is 0 Å². The third kappa shape index (κ3) is 11.0. The van der Waals surface area contributed by atoms with E-state index in [1.807, 2.05) is 57.2 Å². The Morgan fingerprint density at radius 3 is 2.83 bits per heavy atom. The maximum atomic E-state index is 9.83. The lowest BCUT2D eigenvalue weighted by Gasteiger charge is -2.10. The molecule has 4 nitrogen and oxygen atoms in total. The SMILES string of the molecule is C=C/C(C)=C/C=C\N=C\C(O)=C\C(O)NC1=CCC=CC=C1.CC. The first kappa shape index (κ1) is 21.4. The number of nitrogens with zero attached hydrogens (tertiary/aromatic N) is 1. The monoisotopic (exact) mass is 328 g/mol. The van der Waals surface area contributed by atoms with Crippen LogP contribution in [-0.2, 0) is 0 Å². The maximum Gasteiger partial charge on any atom is 0.147 e. The molecule has 3 N–H and O–H groups in total. The fraction of sp³-hybridized carbons (Fsp3) is 0.250. The molecule has 0 aromatic heterocycles. The van der Waals surface area contributed by atoms with E-state index < -0.39 is 6.23 Å². The van der Waals surface area contributed by atoms with Crippen LogP contribution >= 0.6 is 0 Å². The first-order chi connectivity index (χ1) is 11.6. The van der Waals surface area contributed by atoms with E-state index in [-0.39, 0.29) is 5.76 Å². The van der Waals surface area contributed by atoms with E-state index in [0.29, 0.717) is 0 Å². The van der Waals surface area contributed by atoms with Crippen LogP contribution in [0.2, 0.25) is 0 Å². The summed E-state index contributed by atoms with van der Waals surface area (Å²) in [4.78, 5) is 3.91. The van der Waals surface area contributed by atoms with Gasteiger partial charge in [0.25, 0.3) is 0 Å². The van der Waals surface area contributed by atoms with Crippen LogP contribution in [0.5, 0.6) is 0 Å². The van der Waals surface area contributed by atoms with Gasteiger partial charge in [-0.2, -0.15) is 0 Å². The quantitative estimate of drug-likeness (QED) is 0.279. The Morgan fingerprint density at radius 1 is 1.38 bits per heavy atom. The Labute approximate surface area is 145 Å². The predicted molar refractivity (Wildman–Crippen MR) is 104 cm³/mol. The van der Waals surface area contributed by atoms with Crippen molar-refractivity contribution >= 4 is 6.21 Å². The Morgan fingerprint density at radius 2 is 2.12 bits per heavy atom. The van der Waals surface area contributed by atoms with Crippen molar-refractivity contribution in [2.75, 3.05) is 0 Å². The molecule has 1 aliphatic carbocycles. The predicted octanol–water partition coefficient (Wildman–Crippen LogP) is 4.48. The number of allylic oxidation sites excluding steroid dienone is 10. The van der Waals surface area contributed by atoms with E-state index in [4.69, 9.17) is 0 Å². The zero-order valence-electron chi connectivity index (χ0n) is 14.7. The molecule has 0 heterocycles. The summed E-state index contributed by atoms with van der Waals surface area (Å²) >= 11 is 0. The Hall–Kier alpha value is -2.59. The smallest absolute Gasteiger partial charge is 0.147 e. The molecule has 0 bridgehead atoms. The van der Waals surface area contributed by atoms with E-state index >= 15 is 0 Å². The fourth-order valence-electron chi connectivity index (χ4n) is 1.54. The highest BCUT2D eigenvalue weighted by Gasteiger charge is 2.02. The Bertz CT molecular complexity index is 576. The normalized spacial score (nSPS) is 16.4. The molecule has 0 fully saturated rings. The molecule has 0 saturated carbocycles. The summed E-state index contributed by atoms with van der Waals surface area (Å²) in [6.07, 6.45) is 18.8. The highest BCUT2D eigenvalue weighted by Crippen LogP contribution is 2.03. The number of hydrogen-bond acceptors (Lipinski definition) is 4. The van der Waals surface area contributed by atoms with Crippen molar-refractivity contribution in [1.29, 1.82) is 0 Å². The van der Waals surface area contributed by atoms with Gasteiger partial charge in [-0.15, -0.1) is 0 Å². The summed E-state index contributed by atoms with van der Waals surface area (Å²) in [5, 5.41) is 22.4. The van der Waals surface area contributed by atoms with Gasteiger partial charge in [-0.05, 0) is 25.5 Å². The van der Waals surface area contributed by atoms with Gasteiger partial charge in [-0.25, -0.2) is 0 Å². The number of aliphatic hydroxyl groups excluding tert-OH is 2. The van der Waals surface area contributed by atoms with Crippen LogP contribution in [0.15, 0.2) is 89.5 Å². The first-order valence-electron chi connectivity index (χ1n) is 7.99. The molecule has 0 spiro atoms. The van der Waals surface area contributed by atoms with Crippen molar-refractivity contribution in [3.63, 3.8) is 0 Å². The van der Waals surface area contributed by atoms with Crippen LogP contribution in [0.25, 0.3) is 0 Å². The van der Waals surface area contributed by atoms with Gasteiger partial charge >= 0.3 is 0 Å². The van der Waals surface area contributed by atoms with E-state index in [9.17, 15) is 10.2 Å². The topological polar surface area (TPSA) is 64.9 Å². The molecule has 0 aromatic carbocycles. The third-order valence-electron chi connectivity index (χ3n) is 2.70. The summed E-state index contributed by atoms with van der Waals surface area (Å²) in [6.45, 7) is 9.56. The van der Waals surface area contributed by atoms with Crippen molar-refractivity contribution in [1.82, 2.24) is 5.32 Å². The Balaban J connectivity index is 0.00000254. The summed E-state index contributed by atoms with van der Waals surface area (Å²) in [7, 11) is 0. The second-order valence-electron chi connectivity index (χ2n) is 4.60. The second kappa shape index (κ2) is 14.0. The zero-order valence-corrected chi connectivity index (χ0v) is 14.7. The van der Waals surface area contributed by atoms with Crippen molar-refractivity contribution in [3.8, 4) is 0 Å². The third-order valence-corrected chi connectivity index (χ3v) is 2.70. The maximum absolute atomic E-state index is 9.83. The number of nitrogens with one attached hydrogen (secondary N) is 1. The lowest BCUT2D eigenvalue weighted by atomic mass is 10.3. The molecule has 24 heavy (non-hydrogen) atoms. The van der Waals surface area contributed by atoms with Crippen molar-refractivity contribution < 1.29 is 10.2 Å². The molecule has 0 saturated heterocycles. The number of hydrogen-bond donors (Lipinski definition) is 3. The molecular formula is C20H28N2O2. The first-order valence-corrected chi connectivity index (χ1v) is 7.99. The standard InChI is InChI=1S/C18H22N2O2.C2H6/c1-3-15(2)9-8-12-19-14-17(21)13-18(22)20-16-10-6-4-5-7-11-16;1-2/h3-6,8-14,18,20-22H,1,7H2,2H3;1-2H3/b12-8-,15-9+,17-13-,19-14+;. The minimum Gasteiger partial charge on any atom is -0.507 e. The second-order valence-corrected chi connectivity index (χ2v) is 4.60. The minimum atomic E-state index is -0.993. The fourth-order valence-corrected chi connectivity index (χ4v) is 1.54. The van der Waals surface area contributed by atoms with E-state index in [1.165, 1.54) is 12.3 Å². The van der Waals surface area contributed by atoms with Gasteiger partial charge < -0.3 is 15.5 Å². The molecule has 0 radical (unpaired) electrons. The number of aliphatic imine (C=N–C) groups is 1. The average Bonchev–Trinajstić information content (AvgIpc) is 2.84. The number of rotatable bonds is 7. The van der Waals surface area contributed by atoms with Gasteiger partial charge in [0.1, 0.15) is 12.0 Å². The highest BCUT2D eigenvalue weighted by molar-refractivity contribution is 5.75. The molecular weight excluding hydrogens is 300 g/mol. The molecule has 0 aromatic rings. The molecule has 0 aliphatic heterocycles. The van der Waals surface area contributed by atoms with Gasteiger partial charge in [0.2, 0.25) is 0 Å². The summed E-state index contributed by atoms with van der Waals surface area (Å²) in [6, 6.07) is 0. The largest absolute Gasteiger partial charge is 0.507 e. The molecule has 130 valence electrons.